The fraction of sp³-hybridized carbons (Fsp3) is 0.905. The summed E-state index contributed by atoms with van der Waals surface area (Å²) in [6.45, 7) is 0. The summed E-state index contributed by atoms with van der Waals surface area (Å²) >= 11 is 0. The van der Waals surface area contributed by atoms with Crippen LogP contribution >= 0.6 is 0 Å². The molecule has 0 N–H and O–H groups in total. The molecule has 9 aliphatic rings. The van der Waals surface area contributed by atoms with Crippen LogP contribution in [0.1, 0.15) is 32.1 Å². The molecule has 8 saturated carbocycles. The Hall–Kier alpha value is -1.06. The quantitative estimate of drug-likeness (QED) is 0.687. The number of fused-ring (bicyclic) bond motifs is 1. The predicted octanol–water partition coefficient (Wildman–Crippen LogP) is 2.27. The molecule has 4 nitrogen and oxygen atoms in total. The highest BCUT2D eigenvalue weighted by atomic mass is 16.6. The zero-order chi connectivity index (χ0) is 16.5. The van der Waals surface area contributed by atoms with Gasteiger partial charge < -0.3 is 9.47 Å². The van der Waals surface area contributed by atoms with Crippen molar-refractivity contribution in [2.24, 2.45) is 70.0 Å². The first-order valence-electron chi connectivity index (χ1n) is 10.5. The fourth-order valence-electron chi connectivity index (χ4n) is 11.9. The number of carbonyl (C=O) groups is 2. The van der Waals surface area contributed by atoms with Crippen molar-refractivity contribution in [1.29, 1.82) is 0 Å². The monoisotopic (exact) mass is 340 g/mol. The van der Waals surface area contributed by atoms with Gasteiger partial charge in [-0.2, -0.15) is 0 Å². The van der Waals surface area contributed by atoms with Crippen LogP contribution in [-0.2, 0) is 19.1 Å². The largest absolute Gasteiger partial charge is 0.469 e. The topological polar surface area (TPSA) is 52.6 Å². The lowest BCUT2D eigenvalue weighted by molar-refractivity contribution is -0.232. The molecule has 4 heteroatoms. The van der Waals surface area contributed by atoms with Crippen molar-refractivity contribution in [1.82, 2.24) is 0 Å². The zero-order valence-corrected chi connectivity index (χ0v) is 14.5. The van der Waals surface area contributed by atoms with Crippen LogP contribution in [0, 0.1) is 70.0 Å². The van der Waals surface area contributed by atoms with E-state index in [1.807, 2.05) is 0 Å². The van der Waals surface area contributed by atoms with Gasteiger partial charge in [-0.05, 0) is 78.9 Å². The van der Waals surface area contributed by atoms with Crippen LogP contribution in [0.5, 0.6) is 0 Å². The van der Waals surface area contributed by atoms with Gasteiger partial charge in [-0.25, -0.2) is 0 Å². The standard InChI is InChI=1S/C21H24O4/c1-24-18(22)20-14-7-3-2-4-8(7)15-12(14)13-16(20)9-5-6-10-11(9)17(13)21(15,20)19(23)25-10/h7-17H,2-6H2,1H3/t7-,8+,9-,10-,11-,12-,13-,14-,15-,16+,17+,20-,21+/m1/s1. The van der Waals surface area contributed by atoms with Crippen LogP contribution in [0.2, 0.25) is 0 Å². The lowest BCUT2D eigenvalue weighted by atomic mass is 9.43. The average Bonchev–Trinajstić information content (AvgIpc) is 3.36. The van der Waals surface area contributed by atoms with E-state index >= 15 is 0 Å². The lowest BCUT2D eigenvalue weighted by Gasteiger charge is -2.60. The lowest BCUT2D eigenvalue weighted by Crippen LogP contribution is -2.68. The maximum atomic E-state index is 13.6. The van der Waals surface area contributed by atoms with Crippen molar-refractivity contribution in [3.63, 3.8) is 0 Å². The third-order valence-electron chi connectivity index (χ3n) is 11.1. The Morgan fingerprint density at radius 3 is 2.48 bits per heavy atom. The second-order valence-electron chi connectivity index (χ2n) is 10.5. The molecule has 9 rings (SSSR count). The second kappa shape index (κ2) is 3.41. The van der Waals surface area contributed by atoms with E-state index in [1.165, 1.54) is 19.3 Å². The molecule has 0 aromatic rings. The first-order valence-corrected chi connectivity index (χ1v) is 10.5. The van der Waals surface area contributed by atoms with Crippen molar-refractivity contribution in [3.8, 4) is 0 Å². The molecule has 0 radical (unpaired) electrons. The molecule has 0 amide bonds. The highest BCUT2D eigenvalue weighted by Crippen LogP contribution is 2.98. The molecule has 0 aromatic heterocycles. The summed E-state index contributed by atoms with van der Waals surface area (Å²) in [6, 6.07) is 0. The molecule has 1 saturated heterocycles. The van der Waals surface area contributed by atoms with Gasteiger partial charge in [0.15, 0.2) is 0 Å². The summed E-state index contributed by atoms with van der Waals surface area (Å²) in [7, 11) is 1.55. The average molecular weight is 340 g/mol. The SMILES string of the molecule is COC(=O)[C@]12[C@@H]3[C@@H]4CCC[C@@H]4[C@@H]4[C@@H]3[C@H]3[C@@H]5[C@@H]6[C@@H](CC[C@H]6OC(=O)[C@@]541)[C@@H]32. The van der Waals surface area contributed by atoms with Crippen molar-refractivity contribution in [3.05, 3.63) is 0 Å². The van der Waals surface area contributed by atoms with E-state index < -0.39 is 10.8 Å². The smallest absolute Gasteiger partial charge is 0.314 e. The van der Waals surface area contributed by atoms with Gasteiger partial charge >= 0.3 is 11.9 Å². The number of ether oxygens (including phenoxy) is 2. The van der Waals surface area contributed by atoms with Gasteiger partial charge in [0.2, 0.25) is 0 Å². The maximum absolute atomic E-state index is 13.6. The number of methoxy groups -OCH3 is 1. The van der Waals surface area contributed by atoms with E-state index in [9.17, 15) is 9.59 Å². The van der Waals surface area contributed by atoms with E-state index in [-0.39, 0.29) is 18.0 Å². The molecule has 25 heavy (non-hydrogen) atoms. The van der Waals surface area contributed by atoms with E-state index in [0.717, 1.165) is 12.8 Å². The van der Waals surface area contributed by atoms with Gasteiger partial charge in [0, 0.05) is 5.92 Å². The predicted molar refractivity (Wildman–Crippen MR) is 84.7 cm³/mol. The highest BCUT2D eigenvalue weighted by molar-refractivity contribution is 5.95. The Balaban J connectivity index is 1.48. The molecule has 1 spiro atoms. The number of hydrogen-bond acceptors (Lipinski definition) is 4. The minimum absolute atomic E-state index is 0.0253. The molecular formula is C21H24O4. The molecule has 0 aromatic carbocycles. The van der Waals surface area contributed by atoms with Crippen molar-refractivity contribution in [2.75, 3.05) is 7.11 Å². The third kappa shape index (κ3) is 0.848. The molecule has 8 aliphatic carbocycles. The van der Waals surface area contributed by atoms with Gasteiger partial charge in [-0.15, -0.1) is 0 Å². The Morgan fingerprint density at radius 1 is 0.960 bits per heavy atom. The van der Waals surface area contributed by atoms with Gasteiger partial charge in [-0.3, -0.25) is 9.59 Å². The number of carbonyl (C=O) groups excluding carboxylic acids is 2. The minimum Gasteiger partial charge on any atom is -0.469 e. The second-order valence-corrected chi connectivity index (χ2v) is 10.5. The van der Waals surface area contributed by atoms with Crippen molar-refractivity contribution < 1.29 is 19.1 Å². The normalized spacial score (nSPS) is 71.1. The van der Waals surface area contributed by atoms with E-state index in [4.69, 9.17) is 9.47 Å². The van der Waals surface area contributed by atoms with Crippen LogP contribution in [0.25, 0.3) is 0 Å². The Kier molecular flexibility index (Phi) is 1.79. The van der Waals surface area contributed by atoms with E-state index in [2.05, 4.69) is 0 Å². The summed E-state index contributed by atoms with van der Waals surface area (Å²) in [6.07, 6.45) is 6.18. The van der Waals surface area contributed by atoms with Crippen LogP contribution in [-0.4, -0.2) is 25.2 Å². The van der Waals surface area contributed by atoms with Gasteiger partial charge in [0.1, 0.15) is 6.10 Å². The zero-order valence-electron chi connectivity index (χ0n) is 14.5. The molecular weight excluding hydrogens is 316 g/mol. The Labute approximate surface area is 147 Å². The first kappa shape index (κ1) is 13.2. The highest BCUT2D eigenvalue weighted by Gasteiger charge is 3.02. The van der Waals surface area contributed by atoms with E-state index in [0.29, 0.717) is 59.2 Å². The van der Waals surface area contributed by atoms with E-state index in [1.54, 1.807) is 7.11 Å². The summed E-state index contributed by atoms with van der Waals surface area (Å²) in [5.74, 6) is 5.53. The number of rotatable bonds is 1. The van der Waals surface area contributed by atoms with Crippen LogP contribution < -0.4 is 0 Å². The summed E-state index contributed by atoms with van der Waals surface area (Å²) in [5.41, 5.74) is -0.996. The number of esters is 2. The van der Waals surface area contributed by atoms with Gasteiger partial charge in [0.25, 0.3) is 0 Å². The van der Waals surface area contributed by atoms with Crippen molar-refractivity contribution in [2.45, 2.75) is 38.2 Å². The molecule has 13 atom stereocenters. The molecule has 0 unspecified atom stereocenters. The minimum atomic E-state index is -0.508. The third-order valence-corrected chi connectivity index (χ3v) is 11.1. The van der Waals surface area contributed by atoms with Gasteiger partial charge in [0.05, 0.1) is 17.9 Å². The van der Waals surface area contributed by atoms with Crippen molar-refractivity contribution >= 4 is 11.9 Å². The molecule has 8 bridgehead atoms. The van der Waals surface area contributed by atoms with Crippen LogP contribution in [0.15, 0.2) is 0 Å². The van der Waals surface area contributed by atoms with Crippen LogP contribution in [0.4, 0.5) is 0 Å². The maximum Gasteiger partial charge on any atom is 0.314 e. The summed E-state index contributed by atoms with van der Waals surface area (Å²) in [5, 5.41) is 0. The summed E-state index contributed by atoms with van der Waals surface area (Å²) in [4.78, 5) is 27.1. The molecule has 1 aliphatic heterocycles. The molecule has 132 valence electrons. The summed E-state index contributed by atoms with van der Waals surface area (Å²) < 4.78 is 11.6. The molecule has 9 fully saturated rings. The van der Waals surface area contributed by atoms with Crippen LogP contribution in [0.3, 0.4) is 0 Å². The Bertz CT molecular complexity index is 758. The molecule has 1 heterocycles. The Morgan fingerprint density at radius 2 is 1.68 bits per heavy atom. The fourth-order valence-corrected chi connectivity index (χ4v) is 11.9. The number of hydrogen-bond donors (Lipinski definition) is 0. The van der Waals surface area contributed by atoms with Gasteiger partial charge in [-0.1, -0.05) is 6.42 Å². The first-order chi connectivity index (χ1) is 12.2.